The summed E-state index contributed by atoms with van der Waals surface area (Å²) in [5.41, 5.74) is -3.08. The molecule has 17 nitrogen and oxygen atoms in total. The van der Waals surface area contributed by atoms with E-state index in [2.05, 4.69) is 26.0 Å². The van der Waals surface area contributed by atoms with Crippen molar-refractivity contribution in [1.29, 1.82) is 0 Å². The van der Waals surface area contributed by atoms with Gasteiger partial charge in [-0.2, -0.15) is 0 Å². The number of aliphatic hydroxyl groups excluding tert-OH is 6. The quantitative estimate of drug-likeness (QED) is 0.0403. The van der Waals surface area contributed by atoms with Gasteiger partial charge in [0.05, 0.1) is 49.8 Å². The first-order chi connectivity index (χ1) is 27.1. The monoisotopic (exact) mass is 874 g/mol. The van der Waals surface area contributed by atoms with Gasteiger partial charge in [-0.25, -0.2) is 8.42 Å². The third-order valence-electron chi connectivity index (χ3n) is 15.4. The van der Waals surface area contributed by atoms with Crippen molar-refractivity contribution in [1.82, 2.24) is 0 Å². The zero-order valence-corrected chi connectivity index (χ0v) is 38.4. The van der Waals surface area contributed by atoms with Crippen molar-refractivity contribution in [3.05, 3.63) is 12.2 Å². The van der Waals surface area contributed by atoms with E-state index in [1.165, 1.54) is 14.2 Å². The predicted molar refractivity (Wildman–Crippen MR) is 202 cm³/mol. The maximum absolute atomic E-state index is 12.8. The Kier molecular flexibility index (Phi) is 16.4. The van der Waals surface area contributed by atoms with Gasteiger partial charge in [0.1, 0.15) is 36.6 Å². The van der Waals surface area contributed by atoms with Crippen LogP contribution in [0.1, 0.15) is 73.1 Å². The van der Waals surface area contributed by atoms with Crippen LogP contribution in [0.4, 0.5) is 0 Å². The molecule has 0 bridgehead atoms. The minimum Gasteiger partial charge on any atom is -0.726 e. The van der Waals surface area contributed by atoms with Crippen molar-refractivity contribution in [3.8, 4) is 0 Å². The van der Waals surface area contributed by atoms with Crippen molar-refractivity contribution in [3.63, 3.8) is 0 Å². The summed E-state index contributed by atoms with van der Waals surface area (Å²) in [6, 6.07) is 0. The van der Waals surface area contributed by atoms with Crippen LogP contribution in [0.2, 0.25) is 0 Å². The Morgan fingerprint density at radius 3 is 2.17 bits per heavy atom. The van der Waals surface area contributed by atoms with Gasteiger partial charge >= 0.3 is 29.6 Å². The van der Waals surface area contributed by atoms with Crippen molar-refractivity contribution in [2.45, 2.75) is 152 Å². The van der Waals surface area contributed by atoms with Crippen LogP contribution in [0.25, 0.3) is 0 Å². The molecule has 0 amide bonds. The van der Waals surface area contributed by atoms with Crippen molar-refractivity contribution < 1.29 is 111 Å². The molecule has 0 radical (unpaired) electrons. The Morgan fingerprint density at radius 1 is 0.881 bits per heavy atom. The average molecular weight is 875 g/mol. The number of fused-ring (bicyclic) bond motifs is 5. The van der Waals surface area contributed by atoms with Crippen molar-refractivity contribution >= 4 is 10.4 Å². The minimum atomic E-state index is -5.24. The van der Waals surface area contributed by atoms with Crippen LogP contribution in [-0.2, 0) is 43.0 Å². The largest absolute Gasteiger partial charge is 1.00 e. The number of methoxy groups -OCH3 is 2. The SMILES string of the molecule is COC1COC(OC2C(OC[C@@H](/C=C/[C@@H](C)[C@H]3C[C@@H](O)C4[C@]5(O)C[C@H](OS(=O)(=O)[O-])C6[C@@H](O)[C@@H](O)CC[C@]6(C)C5CC[C@@]43C)C(C)C)OC(CO)C2O)C(OC)C1O.[Na+]. The molecule has 6 fully saturated rings. The maximum Gasteiger partial charge on any atom is 1.00 e. The molecule has 19 heteroatoms. The molecule has 2 heterocycles. The van der Waals surface area contributed by atoms with E-state index in [1.54, 1.807) is 0 Å². The number of aliphatic hydroxyl groups is 7. The number of ether oxygens (including phenoxy) is 6. The van der Waals surface area contributed by atoms with Crippen molar-refractivity contribution in [2.75, 3.05) is 34.0 Å². The molecule has 2 aliphatic heterocycles. The van der Waals surface area contributed by atoms with E-state index >= 15 is 0 Å². The molecule has 336 valence electrons. The van der Waals surface area contributed by atoms with Gasteiger partial charge in [0, 0.05) is 38.4 Å². The molecule has 0 spiro atoms. The number of hydrogen-bond acceptors (Lipinski definition) is 17. The first kappa shape index (κ1) is 50.1. The molecule has 0 aromatic heterocycles. The third-order valence-corrected chi connectivity index (χ3v) is 15.9. The molecule has 0 aromatic rings. The molecule has 59 heavy (non-hydrogen) atoms. The average Bonchev–Trinajstić information content (AvgIpc) is 3.60. The Morgan fingerprint density at radius 2 is 1.56 bits per heavy atom. The first-order valence-electron chi connectivity index (χ1n) is 20.8. The Hall–Kier alpha value is 0.0900. The zero-order chi connectivity index (χ0) is 42.7. The molecule has 7 N–H and O–H groups in total. The Labute approximate surface area is 370 Å². The van der Waals surface area contributed by atoms with Crippen LogP contribution in [-0.4, -0.2) is 162 Å². The summed E-state index contributed by atoms with van der Waals surface area (Å²) < 4.78 is 75.8. The van der Waals surface area contributed by atoms with Gasteiger partial charge in [0.2, 0.25) is 10.4 Å². The van der Waals surface area contributed by atoms with Crippen LogP contribution >= 0.6 is 0 Å². The summed E-state index contributed by atoms with van der Waals surface area (Å²) in [6.07, 6.45) is -6.93. The number of hydrogen-bond donors (Lipinski definition) is 7. The fraction of sp³-hybridized carbons (Fsp3) is 0.950. The second-order valence-electron chi connectivity index (χ2n) is 18.8. The van der Waals surface area contributed by atoms with E-state index in [-0.39, 0.29) is 79.3 Å². The molecule has 6 aliphatic rings. The van der Waals surface area contributed by atoms with Crippen LogP contribution in [0.5, 0.6) is 0 Å². The molecule has 4 saturated carbocycles. The normalized spacial score (nSPS) is 48.6. The standard InChI is InChI=1S/C40H68O17S.Na/c1-19(2)21(17-53-37-34(31(45)26(16-41)55-37)56-36-33(52-7)32(46)27(51-6)18-54-36)9-8-20(3)22-14-24(43)35-38(22,4)13-11-28-39(5)12-10-23(42)30(44)29(39)25(15-40(28,35)47)57-58(48,49)50;/h8-9,19-37,41-47H,10-18H2,1-7H3,(H,48,49,50);/q;+1/p-1/b9-8+;/t20-,21-,22-,23+,24-,25+,26?,27?,28?,29?,30+,31?,32?,33?,34?,35?,36?,37?,38-,39-,40+;/m1./s1. The van der Waals surface area contributed by atoms with Gasteiger partial charge in [0.15, 0.2) is 12.6 Å². The number of rotatable bonds is 14. The maximum atomic E-state index is 12.8. The smallest absolute Gasteiger partial charge is 0.726 e. The Bertz CT molecular complexity index is 1540. The van der Waals surface area contributed by atoms with Gasteiger partial charge in [0.25, 0.3) is 0 Å². The van der Waals surface area contributed by atoms with Gasteiger partial charge in [-0.05, 0) is 66.6 Å². The van der Waals surface area contributed by atoms with Crippen LogP contribution < -0.4 is 29.6 Å². The first-order valence-corrected chi connectivity index (χ1v) is 22.1. The summed E-state index contributed by atoms with van der Waals surface area (Å²) in [5.74, 6) is -2.28. The van der Waals surface area contributed by atoms with E-state index < -0.39 is 125 Å². The second-order valence-corrected chi connectivity index (χ2v) is 19.8. The molecular weight excluding hydrogens is 807 g/mol. The summed E-state index contributed by atoms with van der Waals surface area (Å²) >= 11 is 0. The van der Waals surface area contributed by atoms with E-state index in [0.29, 0.717) is 25.7 Å². The fourth-order valence-electron chi connectivity index (χ4n) is 12.4. The zero-order valence-electron chi connectivity index (χ0n) is 35.6. The van der Waals surface area contributed by atoms with Crippen LogP contribution in [0.15, 0.2) is 12.2 Å². The van der Waals surface area contributed by atoms with Crippen LogP contribution in [0, 0.1) is 52.3 Å². The predicted octanol–water partition coefficient (Wildman–Crippen LogP) is -2.79. The van der Waals surface area contributed by atoms with E-state index in [1.807, 2.05) is 20.8 Å². The number of allylic oxidation sites excluding steroid dienone is 1. The molecule has 0 aromatic carbocycles. The van der Waals surface area contributed by atoms with Crippen LogP contribution in [0.3, 0.4) is 0 Å². The molecule has 21 atom stereocenters. The van der Waals surface area contributed by atoms with Gasteiger partial charge in [-0.1, -0.05) is 46.8 Å². The summed E-state index contributed by atoms with van der Waals surface area (Å²) in [5, 5.41) is 78.1. The van der Waals surface area contributed by atoms with E-state index in [4.69, 9.17) is 32.6 Å². The molecule has 11 unspecified atom stereocenters. The van der Waals surface area contributed by atoms with Gasteiger partial charge in [-0.3, -0.25) is 4.18 Å². The molecular formula is C40H67NaO17S. The Balaban J connectivity index is 0.00000661. The van der Waals surface area contributed by atoms with E-state index in [9.17, 15) is 48.7 Å². The summed E-state index contributed by atoms with van der Waals surface area (Å²) in [6.45, 7) is 9.76. The van der Waals surface area contributed by atoms with Crippen molar-refractivity contribution in [2.24, 2.45) is 52.3 Å². The minimum absolute atomic E-state index is 0. The van der Waals surface area contributed by atoms with Gasteiger partial charge in [-0.15, -0.1) is 0 Å². The topological polar surface area (TPSA) is 263 Å². The second kappa shape index (κ2) is 19.3. The molecule has 6 rings (SSSR count). The fourth-order valence-corrected chi connectivity index (χ4v) is 12.9. The third kappa shape index (κ3) is 9.45. The molecule has 4 aliphatic carbocycles. The molecule has 2 saturated heterocycles. The summed E-state index contributed by atoms with van der Waals surface area (Å²) in [7, 11) is -2.39. The van der Waals surface area contributed by atoms with Gasteiger partial charge < -0.3 is 68.7 Å². The summed E-state index contributed by atoms with van der Waals surface area (Å²) in [4.78, 5) is 0. The van der Waals surface area contributed by atoms with E-state index in [0.717, 1.165) is 0 Å².